The van der Waals surface area contributed by atoms with Crippen LogP contribution in [0.1, 0.15) is 29.2 Å². The third-order valence-corrected chi connectivity index (χ3v) is 5.11. The van der Waals surface area contributed by atoms with E-state index in [-0.39, 0.29) is 6.54 Å². The topological polar surface area (TPSA) is 88.1 Å². The zero-order chi connectivity index (χ0) is 22.8. The molecule has 2 aromatic rings. The smallest absolute Gasteiger partial charge is 0.418 e. The number of para-hydroxylation sites is 1. The summed E-state index contributed by atoms with van der Waals surface area (Å²) in [7, 11) is 2.90. The van der Waals surface area contributed by atoms with Gasteiger partial charge in [-0.1, -0.05) is 12.1 Å². The Morgan fingerprint density at radius 3 is 2.42 bits per heavy atom. The maximum absolute atomic E-state index is 13.3. The summed E-state index contributed by atoms with van der Waals surface area (Å²) in [5.41, 5.74) is -0.0525. The molecule has 10 heteroatoms. The van der Waals surface area contributed by atoms with E-state index in [4.69, 9.17) is 9.47 Å². The van der Waals surface area contributed by atoms with Crippen LogP contribution in [0.15, 0.2) is 36.4 Å². The molecule has 166 valence electrons. The first-order chi connectivity index (χ1) is 14.7. The van der Waals surface area contributed by atoms with Crippen molar-refractivity contribution in [2.45, 2.75) is 25.1 Å². The zero-order valence-corrected chi connectivity index (χ0v) is 16.8. The van der Waals surface area contributed by atoms with E-state index in [1.807, 2.05) is 0 Å². The summed E-state index contributed by atoms with van der Waals surface area (Å²) in [6, 6.07) is 6.24. The van der Waals surface area contributed by atoms with Gasteiger partial charge in [-0.05, 0) is 41.8 Å². The number of methoxy groups -OCH3 is 2. The first-order valence-corrected chi connectivity index (χ1v) is 9.36. The van der Waals surface area contributed by atoms with Crippen molar-refractivity contribution in [3.8, 4) is 11.5 Å². The summed E-state index contributed by atoms with van der Waals surface area (Å²) in [6.07, 6.45) is -4.69. The molecule has 1 unspecified atom stereocenters. The number of carbonyl (C=O) groups excluding carboxylic acids is 1. The highest BCUT2D eigenvalue weighted by Crippen LogP contribution is 2.40. The van der Waals surface area contributed by atoms with Crippen LogP contribution < -0.4 is 14.8 Å². The highest BCUT2D eigenvalue weighted by atomic mass is 19.4. The molecule has 1 heterocycles. The molecule has 0 saturated heterocycles. The fraction of sp³-hybridized carbons (Fsp3) is 0.333. The standard InChI is InChI=1S/C21H21F3N2O5/c1-30-17-9-12-7-8-26(16(11-19(27)28)13(12)10-18(17)31-2)20(29)25-15-6-4-3-5-14(15)21(22,23)24/h3-6,9-10,16H,7-8,11H2,1-2H3,(H,25,29)(H,27,28). The van der Waals surface area contributed by atoms with Gasteiger partial charge in [-0.25, -0.2) is 4.79 Å². The van der Waals surface area contributed by atoms with Crippen LogP contribution in [0.5, 0.6) is 11.5 Å². The molecule has 2 aromatic carbocycles. The molecule has 0 spiro atoms. The molecule has 2 N–H and O–H groups in total. The average molecular weight is 438 g/mol. The van der Waals surface area contributed by atoms with E-state index in [1.54, 1.807) is 12.1 Å². The first kappa shape index (κ1) is 22.3. The number of carbonyl (C=O) groups is 2. The fourth-order valence-corrected chi connectivity index (χ4v) is 3.68. The number of nitrogens with zero attached hydrogens (tertiary/aromatic N) is 1. The molecule has 1 aliphatic heterocycles. The number of fused-ring (bicyclic) bond motifs is 1. The molecular weight excluding hydrogens is 417 g/mol. The van der Waals surface area contributed by atoms with E-state index in [2.05, 4.69) is 5.32 Å². The Labute approximate surface area is 176 Å². The van der Waals surface area contributed by atoms with Gasteiger partial charge in [0.1, 0.15) is 0 Å². The Balaban J connectivity index is 1.96. The van der Waals surface area contributed by atoms with Gasteiger partial charge in [-0.15, -0.1) is 0 Å². The maximum atomic E-state index is 13.3. The van der Waals surface area contributed by atoms with Crippen molar-refractivity contribution in [2.75, 3.05) is 26.1 Å². The molecule has 1 aliphatic rings. The summed E-state index contributed by atoms with van der Waals surface area (Å²) in [5.74, 6) is -0.324. The van der Waals surface area contributed by atoms with Gasteiger partial charge in [0.2, 0.25) is 0 Å². The van der Waals surface area contributed by atoms with Gasteiger partial charge in [0.15, 0.2) is 11.5 Å². The number of amides is 2. The lowest BCUT2D eigenvalue weighted by Gasteiger charge is -2.37. The highest BCUT2D eigenvalue weighted by Gasteiger charge is 2.36. The number of carboxylic acid groups (broad SMARTS) is 1. The van der Waals surface area contributed by atoms with Crippen molar-refractivity contribution in [1.29, 1.82) is 0 Å². The molecule has 1 atom stereocenters. The molecule has 0 aromatic heterocycles. The van der Waals surface area contributed by atoms with E-state index in [1.165, 1.54) is 31.3 Å². The lowest BCUT2D eigenvalue weighted by molar-refractivity contribution is -0.138. The predicted octanol–water partition coefficient (Wildman–Crippen LogP) is 4.33. The fourth-order valence-electron chi connectivity index (χ4n) is 3.68. The van der Waals surface area contributed by atoms with E-state index in [9.17, 15) is 27.9 Å². The second kappa shape index (κ2) is 8.75. The van der Waals surface area contributed by atoms with Gasteiger partial charge in [0.05, 0.1) is 37.9 Å². The average Bonchev–Trinajstić information content (AvgIpc) is 2.72. The van der Waals surface area contributed by atoms with Crippen LogP contribution in [0.3, 0.4) is 0 Å². The number of ether oxygens (including phenoxy) is 2. The lowest BCUT2D eigenvalue weighted by atomic mass is 9.90. The van der Waals surface area contributed by atoms with Crippen LogP contribution in [-0.2, 0) is 17.4 Å². The number of hydrogen-bond donors (Lipinski definition) is 2. The monoisotopic (exact) mass is 438 g/mol. The number of aliphatic carboxylic acids is 1. The van der Waals surface area contributed by atoms with Crippen molar-refractivity contribution in [1.82, 2.24) is 4.90 Å². The van der Waals surface area contributed by atoms with Crippen molar-refractivity contribution >= 4 is 17.7 Å². The third-order valence-electron chi connectivity index (χ3n) is 5.11. The Morgan fingerprint density at radius 2 is 1.81 bits per heavy atom. The third kappa shape index (κ3) is 4.68. The summed E-state index contributed by atoms with van der Waals surface area (Å²) < 4.78 is 50.4. The van der Waals surface area contributed by atoms with Crippen LogP contribution in [0, 0.1) is 0 Å². The second-order valence-electron chi connectivity index (χ2n) is 6.94. The van der Waals surface area contributed by atoms with Crippen molar-refractivity contribution < 1.29 is 37.3 Å². The number of urea groups is 1. The van der Waals surface area contributed by atoms with Gasteiger partial charge in [0.25, 0.3) is 0 Å². The maximum Gasteiger partial charge on any atom is 0.418 e. The molecule has 0 radical (unpaired) electrons. The Morgan fingerprint density at radius 1 is 1.16 bits per heavy atom. The molecule has 7 nitrogen and oxygen atoms in total. The number of alkyl halides is 3. The minimum atomic E-state index is -4.65. The SMILES string of the molecule is COc1cc2c(cc1OC)C(CC(=O)O)N(C(=O)Nc1ccccc1C(F)(F)F)CC2. The molecular formula is C21H21F3N2O5. The van der Waals surface area contributed by atoms with E-state index < -0.39 is 41.9 Å². The number of nitrogens with one attached hydrogen (secondary N) is 1. The Bertz CT molecular complexity index is 993. The molecule has 2 amide bonds. The predicted molar refractivity (Wildman–Crippen MR) is 105 cm³/mol. The largest absolute Gasteiger partial charge is 0.493 e. The summed E-state index contributed by atoms with van der Waals surface area (Å²) in [5, 5.41) is 11.7. The highest BCUT2D eigenvalue weighted by molar-refractivity contribution is 5.91. The Kier molecular flexibility index (Phi) is 6.28. The number of carboxylic acids is 1. The molecule has 31 heavy (non-hydrogen) atoms. The molecule has 0 saturated carbocycles. The van der Waals surface area contributed by atoms with E-state index in [0.717, 1.165) is 17.7 Å². The zero-order valence-electron chi connectivity index (χ0n) is 16.8. The van der Waals surface area contributed by atoms with Gasteiger partial charge < -0.3 is 24.8 Å². The van der Waals surface area contributed by atoms with Crippen LogP contribution in [-0.4, -0.2) is 42.8 Å². The summed E-state index contributed by atoms with van der Waals surface area (Å²) >= 11 is 0. The van der Waals surface area contributed by atoms with Crippen LogP contribution >= 0.6 is 0 Å². The minimum Gasteiger partial charge on any atom is -0.493 e. The minimum absolute atomic E-state index is 0.125. The van der Waals surface area contributed by atoms with Crippen molar-refractivity contribution in [2.24, 2.45) is 0 Å². The molecule has 3 rings (SSSR count). The van der Waals surface area contributed by atoms with Crippen LogP contribution in [0.4, 0.5) is 23.7 Å². The number of anilines is 1. The first-order valence-electron chi connectivity index (χ1n) is 9.36. The quantitative estimate of drug-likeness (QED) is 0.726. The van der Waals surface area contributed by atoms with E-state index in [0.29, 0.717) is 23.5 Å². The number of halogens is 3. The number of hydrogen-bond acceptors (Lipinski definition) is 4. The molecule has 0 bridgehead atoms. The summed E-state index contributed by atoms with van der Waals surface area (Å²) in [6.45, 7) is 0.125. The van der Waals surface area contributed by atoms with Crippen LogP contribution in [0.2, 0.25) is 0 Å². The number of benzene rings is 2. The van der Waals surface area contributed by atoms with Crippen molar-refractivity contribution in [3.05, 3.63) is 53.1 Å². The van der Waals surface area contributed by atoms with Gasteiger partial charge in [-0.2, -0.15) is 13.2 Å². The van der Waals surface area contributed by atoms with Gasteiger partial charge >= 0.3 is 18.2 Å². The molecule has 0 aliphatic carbocycles. The molecule has 0 fully saturated rings. The number of rotatable bonds is 5. The lowest BCUT2D eigenvalue weighted by Crippen LogP contribution is -2.43. The Hall–Kier alpha value is -3.43. The van der Waals surface area contributed by atoms with Gasteiger partial charge in [-0.3, -0.25) is 4.79 Å². The second-order valence-corrected chi connectivity index (χ2v) is 6.94. The van der Waals surface area contributed by atoms with Crippen LogP contribution in [0.25, 0.3) is 0 Å². The van der Waals surface area contributed by atoms with Crippen molar-refractivity contribution in [3.63, 3.8) is 0 Å². The normalized spacial score (nSPS) is 15.8. The summed E-state index contributed by atoms with van der Waals surface area (Å²) in [4.78, 5) is 25.7. The van der Waals surface area contributed by atoms with E-state index >= 15 is 0 Å². The van der Waals surface area contributed by atoms with Gasteiger partial charge in [0, 0.05) is 6.54 Å².